The van der Waals surface area contributed by atoms with Gasteiger partial charge >= 0.3 is 11.8 Å². The average Bonchev–Trinajstić information content (AvgIpc) is 2.28. The molecule has 17 heavy (non-hydrogen) atoms. The fourth-order valence-electron chi connectivity index (χ4n) is 1.17. The molecule has 1 aromatic rings. The lowest BCUT2D eigenvalue weighted by molar-refractivity contribution is -0.232. The smallest absolute Gasteiger partial charge is 0.343 e. The second kappa shape index (κ2) is 4.66. The summed E-state index contributed by atoms with van der Waals surface area (Å²) in [4.78, 5) is 0. The van der Waals surface area contributed by atoms with E-state index in [9.17, 15) is 22.7 Å². The third-order valence-electron chi connectivity index (χ3n) is 2.23. The van der Waals surface area contributed by atoms with Gasteiger partial charge in [0.05, 0.1) is 0 Å². The van der Waals surface area contributed by atoms with Gasteiger partial charge in [-0.2, -0.15) is 17.6 Å². The van der Waals surface area contributed by atoms with Crippen LogP contribution in [-0.4, -0.2) is 17.0 Å². The van der Waals surface area contributed by atoms with E-state index in [0.29, 0.717) is 0 Å². The van der Waals surface area contributed by atoms with Crippen LogP contribution in [0.4, 0.5) is 17.6 Å². The summed E-state index contributed by atoms with van der Waals surface area (Å²) in [5.74, 6) is -9.13. The van der Waals surface area contributed by atoms with Gasteiger partial charge in [0.1, 0.15) is 6.10 Å². The van der Waals surface area contributed by atoms with E-state index < -0.39 is 17.9 Å². The molecule has 0 bridgehead atoms. The second-order valence-electron chi connectivity index (χ2n) is 3.40. The second-order valence-corrected chi connectivity index (χ2v) is 3.84. The topological polar surface area (TPSA) is 20.2 Å². The molecule has 1 atom stereocenters. The highest BCUT2D eigenvalue weighted by atomic mass is 35.5. The van der Waals surface area contributed by atoms with Gasteiger partial charge in [-0.25, -0.2) is 0 Å². The number of rotatable bonds is 4. The summed E-state index contributed by atoms with van der Waals surface area (Å²) in [5.41, 5.74) is -0.346. The molecule has 0 aromatic heterocycles. The predicted octanol–water partition coefficient (Wildman–Crippen LogP) is 3.83. The lowest BCUT2D eigenvalue weighted by Crippen LogP contribution is -2.43. The van der Waals surface area contributed by atoms with Crippen molar-refractivity contribution in [3.8, 4) is 0 Å². The molecule has 0 aliphatic rings. The Morgan fingerprint density at radius 2 is 1.65 bits per heavy atom. The maximum absolute atomic E-state index is 13.3. The molecule has 0 aliphatic heterocycles. The first-order chi connectivity index (χ1) is 7.72. The molecule has 1 N–H and O–H groups in total. The monoisotopic (exact) mass is 268 g/mol. The fourth-order valence-corrected chi connectivity index (χ4v) is 1.30. The maximum atomic E-state index is 13.3. The van der Waals surface area contributed by atoms with Crippen LogP contribution < -0.4 is 0 Å². The molecular formula is C11H9ClF4O. The van der Waals surface area contributed by atoms with E-state index in [4.69, 9.17) is 11.6 Å². The van der Waals surface area contributed by atoms with Crippen molar-refractivity contribution < 1.29 is 22.7 Å². The Kier molecular flexibility index (Phi) is 3.84. The van der Waals surface area contributed by atoms with Crippen molar-refractivity contribution in [2.75, 3.05) is 0 Å². The normalized spacial score (nSPS) is 14.5. The molecule has 1 rings (SSSR count). The fraction of sp³-hybridized carbons (Fsp3) is 0.273. The molecule has 0 saturated heterocycles. The molecule has 1 nitrogen and oxygen atoms in total. The van der Waals surface area contributed by atoms with Gasteiger partial charge in [-0.3, -0.25) is 0 Å². The minimum Gasteiger partial charge on any atom is -0.382 e. The van der Waals surface area contributed by atoms with Gasteiger partial charge in [0.25, 0.3) is 0 Å². The molecular weight excluding hydrogens is 260 g/mol. The average molecular weight is 269 g/mol. The molecule has 1 aromatic carbocycles. The first-order valence-electron chi connectivity index (χ1n) is 4.55. The largest absolute Gasteiger partial charge is 0.382 e. The Balaban J connectivity index is 3.07. The molecule has 1 unspecified atom stereocenters. The number of aliphatic hydroxyl groups is 1. The van der Waals surface area contributed by atoms with Crippen molar-refractivity contribution in [1.29, 1.82) is 0 Å². The number of aliphatic hydroxyl groups excluding tert-OH is 1. The van der Waals surface area contributed by atoms with Crippen LogP contribution in [0, 0.1) is 0 Å². The van der Waals surface area contributed by atoms with Crippen molar-refractivity contribution >= 4 is 11.6 Å². The zero-order valence-corrected chi connectivity index (χ0v) is 9.26. The molecule has 0 amide bonds. The van der Waals surface area contributed by atoms with Crippen LogP contribution in [0.5, 0.6) is 0 Å². The summed E-state index contributed by atoms with van der Waals surface area (Å²) < 4.78 is 52.3. The van der Waals surface area contributed by atoms with Crippen LogP contribution in [0.1, 0.15) is 11.7 Å². The molecule has 0 radical (unpaired) electrons. The Bertz CT molecular complexity index is 402. The van der Waals surface area contributed by atoms with Gasteiger partial charge in [0.2, 0.25) is 0 Å². The molecule has 0 spiro atoms. The molecule has 0 heterocycles. The van der Waals surface area contributed by atoms with Crippen LogP contribution in [0.25, 0.3) is 0 Å². The predicted molar refractivity (Wildman–Crippen MR) is 56.5 cm³/mol. The summed E-state index contributed by atoms with van der Waals surface area (Å²) in [6.07, 6.45) is -2.82. The number of allylic oxidation sites excluding steroid dienone is 1. The molecule has 94 valence electrons. The number of alkyl halides is 4. The number of hydrogen-bond donors (Lipinski definition) is 1. The lowest BCUT2D eigenvalue weighted by atomic mass is 9.98. The van der Waals surface area contributed by atoms with Crippen LogP contribution >= 0.6 is 11.6 Å². The van der Waals surface area contributed by atoms with Gasteiger partial charge < -0.3 is 5.11 Å². The van der Waals surface area contributed by atoms with E-state index in [1.54, 1.807) is 0 Å². The Morgan fingerprint density at radius 3 is 2.06 bits per heavy atom. The van der Waals surface area contributed by atoms with Gasteiger partial charge in [0, 0.05) is 5.02 Å². The van der Waals surface area contributed by atoms with Crippen LogP contribution in [0.15, 0.2) is 36.9 Å². The summed E-state index contributed by atoms with van der Waals surface area (Å²) >= 11 is 5.51. The van der Waals surface area contributed by atoms with Crippen LogP contribution in [0.2, 0.25) is 5.02 Å². The SMILES string of the molecule is C=CC(F)(F)C(F)(F)C(O)c1ccc(Cl)cc1. The van der Waals surface area contributed by atoms with Crippen molar-refractivity contribution in [1.82, 2.24) is 0 Å². The molecule has 0 aliphatic carbocycles. The zero-order chi connectivity index (χ0) is 13.3. The Labute approximate surface area is 100 Å². The van der Waals surface area contributed by atoms with Crippen molar-refractivity contribution in [3.05, 3.63) is 47.5 Å². The van der Waals surface area contributed by atoms with Crippen molar-refractivity contribution in [2.45, 2.75) is 17.9 Å². The maximum Gasteiger partial charge on any atom is 0.343 e. The summed E-state index contributed by atoms with van der Waals surface area (Å²) in [6.45, 7) is 2.63. The molecule has 0 fully saturated rings. The van der Waals surface area contributed by atoms with E-state index in [0.717, 1.165) is 12.1 Å². The standard InChI is InChI=1S/C11H9ClF4O/c1-2-10(13,14)11(15,16)9(17)7-3-5-8(12)6-4-7/h2-6,9,17H,1H2. The van der Waals surface area contributed by atoms with E-state index in [1.165, 1.54) is 12.1 Å². The lowest BCUT2D eigenvalue weighted by Gasteiger charge is -2.28. The highest BCUT2D eigenvalue weighted by Gasteiger charge is 2.59. The van der Waals surface area contributed by atoms with Crippen molar-refractivity contribution in [2.24, 2.45) is 0 Å². The van der Waals surface area contributed by atoms with E-state index in [-0.39, 0.29) is 16.7 Å². The first kappa shape index (κ1) is 14.0. The number of benzene rings is 1. The Hall–Kier alpha value is -1.07. The van der Waals surface area contributed by atoms with Gasteiger partial charge in [-0.15, -0.1) is 0 Å². The molecule has 0 saturated carbocycles. The highest BCUT2D eigenvalue weighted by molar-refractivity contribution is 6.30. The summed E-state index contributed by atoms with van der Waals surface area (Å²) in [5, 5.41) is 9.53. The van der Waals surface area contributed by atoms with Crippen LogP contribution in [0.3, 0.4) is 0 Å². The van der Waals surface area contributed by atoms with Gasteiger partial charge in [-0.1, -0.05) is 30.3 Å². The summed E-state index contributed by atoms with van der Waals surface area (Å²) in [6, 6.07) is 4.56. The van der Waals surface area contributed by atoms with Gasteiger partial charge in [0.15, 0.2) is 0 Å². The number of halogens is 5. The summed E-state index contributed by atoms with van der Waals surface area (Å²) in [7, 11) is 0. The Morgan fingerprint density at radius 1 is 1.18 bits per heavy atom. The third kappa shape index (κ3) is 2.61. The van der Waals surface area contributed by atoms with Crippen LogP contribution in [-0.2, 0) is 0 Å². The minimum absolute atomic E-state index is 0.188. The van der Waals surface area contributed by atoms with Crippen molar-refractivity contribution in [3.63, 3.8) is 0 Å². The van der Waals surface area contributed by atoms with E-state index in [1.807, 2.05) is 0 Å². The third-order valence-corrected chi connectivity index (χ3v) is 2.48. The quantitative estimate of drug-likeness (QED) is 0.650. The zero-order valence-electron chi connectivity index (χ0n) is 8.51. The van der Waals surface area contributed by atoms with E-state index >= 15 is 0 Å². The highest BCUT2D eigenvalue weighted by Crippen LogP contribution is 2.44. The molecule has 6 heteroatoms. The van der Waals surface area contributed by atoms with Gasteiger partial charge in [-0.05, 0) is 23.8 Å². The number of hydrogen-bond acceptors (Lipinski definition) is 1. The minimum atomic E-state index is -4.64. The first-order valence-corrected chi connectivity index (χ1v) is 4.93. The van der Waals surface area contributed by atoms with E-state index in [2.05, 4.69) is 6.58 Å².